The van der Waals surface area contributed by atoms with Gasteiger partial charge in [-0.25, -0.2) is 4.98 Å². The molecular weight excluding hydrogens is 293 g/mol. The van der Waals surface area contributed by atoms with Crippen LogP contribution in [0, 0.1) is 0 Å². The summed E-state index contributed by atoms with van der Waals surface area (Å²) < 4.78 is 0. The maximum absolute atomic E-state index is 5.94. The van der Waals surface area contributed by atoms with Crippen molar-refractivity contribution in [3.8, 4) is 0 Å². The van der Waals surface area contributed by atoms with E-state index in [1.165, 1.54) is 5.69 Å². The minimum Gasteiger partial charge on any atom is -0.368 e. The summed E-state index contributed by atoms with van der Waals surface area (Å²) in [5, 5.41) is 1.32. The summed E-state index contributed by atoms with van der Waals surface area (Å²) in [6, 6.07) is 13.7. The summed E-state index contributed by atoms with van der Waals surface area (Å²) in [7, 11) is 0. The Bertz CT molecular complexity index is 578. The van der Waals surface area contributed by atoms with Gasteiger partial charge in [0.2, 0.25) is 0 Å². The maximum atomic E-state index is 5.94. The number of halogens is 2. The average molecular weight is 308 g/mol. The summed E-state index contributed by atoms with van der Waals surface area (Å²) in [5.41, 5.74) is 1.22. The Hall–Kier alpha value is -1.45. The quantitative estimate of drug-likeness (QED) is 0.788. The summed E-state index contributed by atoms with van der Waals surface area (Å²) in [6.07, 6.45) is 0. The molecule has 0 saturated carbocycles. The molecule has 3 rings (SSSR count). The van der Waals surface area contributed by atoms with Gasteiger partial charge >= 0.3 is 0 Å². The molecule has 5 heteroatoms. The first-order valence-corrected chi connectivity index (χ1v) is 7.36. The van der Waals surface area contributed by atoms with Crippen LogP contribution in [0.3, 0.4) is 0 Å². The smallest absolute Gasteiger partial charge is 0.131 e. The maximum Gasteiger partial charge on any atom is 0.131 e. The predicted octanol–water partition coefficient (Wildman–Crippen LogP) is 3.72. The molecule has 0 N–H and O–H groups in total. The van der Waals surface area contributed by atoms with Crippen molar-refractivity contribution in [2.45, 2.75) is 0 Å². The first-order chi connectivity index (χ1) is 9.72. The minimum atomic E-state index is 0.544. The van der Waals surface area contributed by atoms with Crippen LogP contribution in [0.5, 0.6) is 0 Å². The van der Waals surface area contributed by atoms with Crippen molar-refractivity contribution in [3.63, 3.8) is 0 Å². The Kier molecular flexibility index (Phi) is 3.99. The monoisotopic (exact) mass is 307 g/mol. The first-order valence-electron chi connectivity index (χ1n) is 6.60. The van der Waals surface area contributed by atoms with E-state index in [1.54, 1.807) is 6.07 Å². The van der Waals surface area contributed by atoms with E-state index in [1.807, 2.05) is 24.3 Å². The molecule has 1 aliphatic rings. The SMILES string of the molecule is Clc1ccc(N2CCN(c3cccc(Cl)n3)CC2)cc1. The molecule has 104 valence electrons. The second-order valence-electron chi connectivity index (χ2n) is 4.77. The molecule has 1 aliphatic heterocycles. The van der Waals surface area contributed by atoms with Crippen LogP contribution in [-0.4, -0.2) is 31.2 Å². The average Bonchev–Trinajstić information content (AvgIpc) is 2.48. The number of piperazine rings is 1. The number of hydrogen-bond acceptors (Lipinski definition) is 3. The van der Waals surface area contributed by atoms with Crippen molar-refractivity contribution >= 4 is 34.7 Å². The van der Waals surface area contributed by atoms with Crippen LogP contribution in [0.25, 0.3) is 0 Å². The third-order valence-electron chi connectivity index (χ3n) is 3.50. The fraction of sp³-hybridized carbons (Fsp3) is 0.267. The van der Waals surface area contributed by atoms with E-state index < -0.39 is 0 Å². The summed E-state index contributed by atoms with van der Waals surface area (Å²) >= 11 is 11.9. The Balaban J connectivity index is 1.66. The highest BCUT2D eigenvalue weighted by atomic mass is 35.5. The zero-order valence-electron chi connectivity index (χ0n) is 11.0. The molecule has 0 bridgehead atoms. The molecule has 1 aromatic heterocycles. The van der Waals surface area contributed by atoms with Crippen LogP contribution in [0.2, 0.25) is 10.2 Å². The van der Waals surface area contributed by atoms with E-state index in [0.717, 1.165) is 37.0 Å². The second kappa shape index (κ2) is 5.90. The topological polar surface area (TPSA) is 19.4 Å². The molecule has 2 heterocycles. The number of benzene rings is 1. The van der Waals surface area contributed by atoms with Gasteiger partial charge in [0.15, 0.2) is 0 Å². The van der Waals surface area contributed by atoms with E-state index in [-0.39, 0.29) is 0 Å². The normalized spacial score (nSPS) is 15.5. The number of rotatable bonds is 2. The number of aromatic nitrogens is 1. The van der Waals surface area contributed by atoms with Crippen LogP contribution in [0.15, 0.2) is 42.5 Å². The number of hydrogen-bond donors (Lipinski definition) is 0. The summed E-state index contributed by atoms with van der Waals surface area (Å²) in [6.45, 7) is 3.82. The molecule has 1 saturated heterocycles. The van der Waals surface area contributed by atoms with Crippen LogP contribution < -0.4 is 9.80 Å². The molecule has 1 aromatic carbocycles. The van der Waals surface area contributed by atoms with Crippen molar-refractivity contribution in [1.82, 2.24) is 4.98 Å². The lowest BCUT2D eigenvalue weighted by Crippen LogP contribution is -2.46. The molecule has 0 radical (unpaired) electrons. The first kappa shape index (κ1) is 13.5. The van der Waals surface area contributed by atoms with E-state index in [2.05, 4.69) is 26.9 Å². The summed E-state index contributed by atoms with van der Waals surface area (Å²) in [5.74, 6) is 0.952. The fourth-order valence-electron chi connectivity index (χ4n) is 2.42. The predicted molar refractivity (Wildman–Crippen MR) is 85.1 cm³/mol. The van der Waals surface area contributed by atoms with Gasteiger partial charge in [-0.3, -0.25) is 0 Å². The van der Waals surface area contributed by atoms with E-state index in [9.17, 15) is 0 Å². The van der Waals surface area contributed by atoms with Crippen molar-refractivity contribution < 1.29 is 0 Å². The van der Waals surface area contributed by atoms with E-state index in [4.69, 9.17) is 23.2 Å². The minimum absolute atomic E-state index is 0.544. The van der Waals surface area contributed by atoms with Gasteiger partial charge in [-0.05, 0) is 36.4 Å². The highest BCUT2D eigenvalue weighted by molar-refractivity contribution is 6.30. The van der Waals surface area contributed by atoms with E-state index in [0.29, 0.717) is 5.15 Å². The number of nitrogens with zero attached hydrogens (tertiary/aromatic N) is 3. The lowest BCUT2D eigenvalue weighted by atomic mass is 10.2. The molecule has 0 spiro atoms. The number of anilines is 2. The van der Waals surface area contributed by atoms with Crippen molar-refractivity contribution in [3.05, 3.63) is 52.6 Å². The van der Waals surface area contributed by atoms with Crippen LogP contribution in [-0.2, 0) is 0 Å². The standard InChI is InChI=1S/C15H15Cl2N3/c16-12-4-6-13(7-5-12)19-8-10-20(11-9-19)15-3-1-2-14(17)18-15/h1-7H,8-11H2. The van der Waals surface area contributed by atoms with E-state index >= 15 is 0 Å². The molecule has 0 amide bonds. The molecule has 0 unspecified atom stereocenters. The Morgan fingerprint density at radius 2 is 1.45 bits per heavy atom. The van der Waals surface area contributed by atoms with Crippen molar-refractivity contribution in [1.29, 1.82) is 0 Å². The fourth-order valence-corrected chi connectivity index (χ4v) is 2.70. The second-order valence-corrected chi connectivity index (χ2v) is 5.59. The van der Waals surface area contributed by atoms with Gasteiger partial charge in [0.25, 0.3) is 0 Å². The van der Waals surface area contributed by atoms with Crippen LogP contribution in [0.1, 0.15) is 0 Å². The third-order valence-corrected chi connectivity index (χ3v) is 3.96. The highest BCUT2D eigenvalue weighted by Crippen LogP contribution is 2.21. The van der Waals surface area contributed by atoms with Gasteiger partial charge in [0.05, 0.1) is 0 Å². The van der Waals surface area contributed by atoms with Crippen LogP contribution >= 0.6 is 23.2 Å². The molecule has 20 heavy (non-hydrogen) atoms. The third kappa shape index (κ3) is 3.00. The lowest BCUT2D eigenvalue weighted by Gasteiger charge is -2.36. The molecule has 0 aliphatic carbocycles. The zero-order valence-corrected chi connectivity index (χ0v) is 12.5. The van der Waals surface area contributed by atoms with Gasteiger partial charge in [-0.2, -0.15) is 0 Å². The van der Waals surface area contributed by atoms with Crippen LogP contribution in [0.4, 0.5) is 11.5 Å². The van der Waals surface area contributed by atoms with Gasteiger partial charge in [-0.1, -0.05) is 29.3 Å². The van der Waals surface area contributed by atoms with Gasteiger partial charge < -0.3 is 9.80 Å². The Morgan fingerprint density at radius 1 is 0.800 bits per heavy atom. The van der Waals surface area contributed by atoms with Crippen molar-refractivity contribution in [2.75, 3.05) is 36.0 Å². The number of pyridine rings is 1. The summed E-state index contributed by atoms with van der Waals surface area (Å²) in [4.78, 5) is 8.98. The Labute approximate surface area is 128 Å². The largest absolute Gasteiger partial charge is 0.368 e. The van der Waals surface area contributed by atoms with Gasteiger partial charge in [0.1, 0.15) is 11.0 Å². The van der Waals surface area contributed by atoms with Crippen molar-refractivity contribution in [2.24, 2.45) is 0 Å². The highest BCUT2D eigenvalue weighted by Gasteiger charge is 2.18. The molecule has 2 aromatic rings. The van der Waals surface area contributed by atoms with Gasteiger partial charge in [-0.15, -0.1) is 0 Å². The lowest BCUT2D eigenvalue weighted by molar-refractivity contribution is 0.647. The Morgan fingerprint density at radius 3 is 2.10 bits per heavy atom. The zero-order chi connectivity index (χ0) is 13.9. The molecule has 0 atom stereocenters. The molecular formula is C15H15Cl2N3. The van der Waals surface area contributed by atoms with Gasteiger partial charge in [0, 0.05) is 36.9 Å². The molecule has 3 nitrogen and oxygen atoms in total. The molecule has 1 fully saturated rings.